The standard InChI is InChI=1S/C25H22N2O2.Zn/c28-24-12-10-18-6-1-3-8-20(18)22(24)16-26-14-5-15-27-17-23-21-9-4-2-7-19(21)11-13-25(23)29;/h1-4,6-13,16-17,28-29H,5,14-15H2;/q;+2/p-2. The number of aliphatic imine (C=N–C) groups is 2. The molecule has 0 aliphatic rings. The van der Waals surface area contributed by atoms with E-state index >= 15 is 0 Å². The third kappa shape index (κ3) is 4.75. The van der Waals surface area contributed by atoms with E-state index in [0.29, 0.717) is 24.2 Å². The van der Waals surface area contributed by atoms with Gasteiger partial charge in [0.2, 0.25) is 0 Å². The first-order chi connectivity index (χ1) is 14.2. The summed E-state index contributed by atoms with van der Waals surface area (Å²) >= 11 is 0. The number of rotatable bonds is 6. The molecule has 0 aliphatic heterocycles. The van der Waals surface area contributed by atoms with E-state index in [1.807, 2.05) is 60.7 Å². The van der Waals surface area contributed by atoms with Crippen molar-refractivity contribution in [3.8, 4) is 11.5 Å². The average Bonchev–Trinajstić information content (AvgIpc) is 2.75. The first-order valence-corrected chi connectivity index (χ1v) is 9.61. The summed E-state index contributed by atoms with van der Waals surface area (Å²) in [5.41, 5.74) is 1.25. The Kier molecular flexibility index (Phi) is 7.32. The van der Waals surface area contributed by atoms with Gasteiger partial charge in [-0.15, -0.1) is 0 Å². The zero-order valence-electron chi connectivity index (χ0n) is 16.6. The molecular weight excluding hydrogens is 426 g/mol. The Bertz CT molecular complexity index is 1120. The van der Waals surface area contributed by atoms with E-state index in [1.54, 1.807) is 24.6 Å². The predicted molar refractivity (Wildman–Crippen MR) is 116 cm³/mol. The summed E-state index contributed by atoms with van der Waals surface area (Å²) in [5, 5.41) is 28.2. The van der Waals surface area contributed by atoms with Gasteiger partial charge in [0.05, 0.1) is 0 Å². The van der Waals surface area contributed by atoms with Gasteiger partial charge in [0, 0.05) is 25.5 Å². The monoisotopic (exact) mass is 444 g/mol. The fourth-order valence-electron chi connectivity index (χ4n) is 3.38. The molecule has 0 bridgehead atoms. The smallest absolute Gasteiger partial charge is 0.872 e. The van der Waals surface area contributed by atoms with Crippen LogP contribution in [0, 0.1) is 0 Å². The quantitative estimate of drug-likeness (QED) is 0.255. The molecule has 0 aromatic heterocycles. The van der Waals surface area contributed by atoms with Gasteiger partial charge >= 0.3 is 19.5 Å². The van der Waals surface area contributed by atoms with Gasteiger partial charge in [-0.25, -0.2) is 0 Å². The van der Waals surface area contributed by atoms with Crippen LogP contribution in [0.3, 0.4) is 0 Å². The number of fused-ring (bicyclic) bond motifs is 2. The van der Waals surface area contributed by atoms with Gasteiger partial charge in [0.25, 0.3) is 0 Å². The molecule has 4 aromatic carbocycles. The molecule has 4 rings (SSSR count). The zero-order chi connectivity index (χ0) is 20.1. The molecule has 0 saturated heterocycles. The fraction of sp³-hybridized carbons (Fsp3) is 0.120. The summed E-state index contributed by atoms with van der Waals surface area (Å²) in [6.45, 7) is 1.14. The van der Waals surface area contributed by atoms with E-state index in [2.05, 4.69) is 9.98 Å². The van der Waals surface area contributed by atoms with Crippen molar-refractivity contribution in [3.05, 3.63) is 83.9 Å². The molecule has 0 atom stereocenters. The van der Waals surface area contributed by atoms with Gasteiger partial charge in [-0.05, 0) is 39.1 Å². The molecule has 0 radical (unpaired) electrons. The van der Waals surface area contributed by atoms with Crippen molar-refractivity contribution in [1.82, 2.24) is 0 Å². The van der Waals surface area contributed by atoms with Crippen LogP contribution >= 0.6 is 0 Å². The molecular formula is C25H20N2O2Zn. The van der Waals surface area contributed by atoms with Crippen molar-refractivity contribution in [2.24, 2.45) is 9.98 Å². The summed E-state index contributed by atoms with van der Waals surface area (Å²) in [4.78, 5) is 8.81. The minimum absolute atomic E-state index is 0. The Hall–Kier alpha value is -3.04. The van der Waals surface area contributed by atoms with Crippen LogP contribution in [-0.4, -0.2) is 25.5 Å². The SMILES string of the molecule is [O-]c1ccc2ccccc2c1C=NCCCN=Cc1c([O-])ccc2ccccc12.[Zn+2]. The van der Waals surface area contributed by atoms with E-state index in [4.69, 9.17) is 0 Å². The van der Waals surface area contributed by atoms with Crippen molar-refractivity contribution in [3.63, 3.8) is 0 Å². The summed E-state index contributed by atoms with van der Waals surface area (Å²) < 4.78 is 0. The molecule has 144 valence electrons. The minimum atomic E-state index is -0.0237. The summed E-state index contributed by atoms with van der Waals surface area (Å²) in [6.07, 6.45) is 4.06. The number of hydrogen-bond donors (Lipinski definition) is 0. The van der Waals surface area contributed by atoms with Crippen molar-refractivity contribution >= 4 is 34.0 Å². The second-order valence-electron chi connectivity index (χ2n) is 6.82. The number of benzene rings is 4. The molecule has 4 aromatic rings. The van der Waals surface area contributed by atoms with Crippen molar-refractivity contribution < 1.29 is 29.7 Å². The van der Waals surface area contributed by atoms with Crippen LogP contribution < -0.4 is 10.2 Å². The molecule has 4 nitrogen and oxygen atoms in total. The second kappa shape index (κ2) is 10.1. The third-order valence-electron chi connectivity index (χ3n) is 4.88. The van der Waals surface area contributed by atoms with Crippen LogP contribution in [0.25, 0.3) is 21.5 Å². The first-order valence-electron chi connectivity index (χ1n) is 9.61. The molecule has 0 unspecified atom stereocenters. The maximum Gasteiger partial charge on any atom is 2.00 e. The Morgan fingerprint density at radius 2 is 1.03 bits per heavy atom. The molecule has 0 spiro atoms. The Labute approximate surface area is 188 Å². The Balaban J connectivity index is 0.00000256. The Morgan fingerprint density at radius 1 is 0.600 bits per heavy atom. The van der Waals surface area contributed by atoms with Crippen molar-refractivity contribution in [2.45, 2.75) is 6.42 Å². The summed E-state index contributed by atoms with van der Waals surface area (Å²) in [5.74, 6) is -0.0474. The van der Waals surface area contributed by atoms with E-state index in [1.165, 1.54) is 0 Å². The third-order valence-corrected chi connectivity index (χ3v) is 4.88. The molecule has 30 heavy (non-hydrogen) atoms. The normalized spacial score (nSPS) is 11.5. The fourth-order valence-corrected chi connectivity index (χ4v) is 3.38. The van der Waals surface area contributed by atoms with Gasteiger partial charge < -0.3 is 10.2 Å². The Morgan fingerprint density at radius 3 is 1.50 bits per heavy atom. The zero-order valence-corrected chi connectivity index (χ0v) is 19.6. The minimum Gasteiger partial charge on any atom is -0.872 e. The molecule has 0 fully saturated rings. The maximum atomic E-state index is 12.2. The van der Waals surface area contributed by atoms with E-state index in [0.717, 1.165) is 28.0 Å². The van der Waals surface area contributed by atoms with Crippen LogP contribution in [0.4, 0.5) is 0 Å². The van der Waals surface area contributed by atoms with Crippen LogP contribution in [-0.2, 0) is 19.5 Å². The molecule has 0 aliphatic carbocycles. The molecule has 0 saturated carbocycles. The largest absolute Gasteiger partial charge is 2.00 e. The number of nitrogens with zero attached hydrogens (tertiary/aromatic N) is 2. The van der Waals surface area contributed by atoms with Gasteiger partial charge in [0.1, 0.15) is 0 Å². The van der Waals surface area contributed by atoms with Crippen LogP contribution in [0.1, 0.15) is 17.5 Å². The van der Waals surface area contributed by atoms with E-state index in [-0.39, 0.29) is 31.0 Å². The maximum absolute atomic E-state index is 12.2. The summed E-state index contributed by atoms with van der Waals surface area (Å²) in [6, 6.07) is 22.4. The molecule has 5 heteroatoms. The predicted octanol–water partition coefficient (Wildman–Crippen LogP) is 4.07. The summed E-state index contributed by atoms with van der Waals surface area (Å²) in [7, 11) is 0. The molecule has 0 amide bonds. The van der Waals surface area contributed by atoms with Crippen LogP contribution in [0.15, 0.2) is 82.8 Å². The van der Waals surface area contributed by atoms with E-state index < -0.39 is 0 Å². The first kappa shape index (κ1) is 21.7. The molecule has 0 N–H and O–H groups in total. The van der Waals surface area contributed by atoms with Crippen molar-refractivity contribution in [1.29, 1.82) is 0 Å². The molecule has 0 heterocycles. The van der Waals surface area contributed by atoms with Gasteiger partial charge in [0.15, 0.2) is 0 Å². The van der Waals surface area contributed by atoms with Crippen molar-refractivity contribution in [2.75, 3.05) is 13.1 Å². The topological polar surface area (TPSA) is 70.8 Å². The second-order valence-corrected chi connectivity index (χ2v) is 6.82. The average molecular weight is 446 g/mol. The van der Waals surface area contributed by atoms with Gasteiger partial charge in [-0.3, -0.25) is 9.98 Å². The van der Waals surface area contributed by atoms with Gasteiger partial charge in [-0.1, -0.05) is 84.3 Å². The van der Waals surface area contributed by atoms with Gasteiger partial charge in [-0.2, -0.15) is 0 Å². The number of hydrogen-bond acceptors (Lipinski definition) is 4. The van der Waals surface area contributed by atoms with E-state index in [9.17, 15) is 10.2 Å². The van der Waals surface area contributed by atoms with Crippen LogP contribution in [0.2, 0.25) is 0 Å². The van der Waals surface area contributed by atoms with Crippen LogP contribution in [0.5, 0.6) is 11.5 Å².